The molecule has 1 fully saturated rings. The highest BCUT2D eigenvalue weighted by atomic mass is 35.5. The molecule has 1 aliphatic heterocycles. The minimum atomic E-state index is -0.00961. The molecule has 1 saturated heterocycles. The first-order valence-electron chi connectivity index (χ1n) is 5.40. The van der Waals surface area contributed by atoms with Crippen LogP contribution in [0.3, 0.4) is 0 Å². The van der Waals surface area contributed by atoms with Crippen LogP contribution in [-0.4, -0.2) is 31.3 Å². The lowest BCUT2D eigenvalue weighted by atomic mass is 10.1. The molecule has 0 spiro atoms. The van der Waals surface area contributed by atoms with Gasteiger partial charge in [0.1, 0.15) is 5.75 Å². The molecule has 0 saturated carbocycles. The number of halogens is 1. The van der Waals surface area contributed by atoms with Gasteiger partial charge in [-0.1, -0.05) is 11.6 Å². The normalized spacial score (nSPS) is 19.8. The molecular formula is C12H14ClNO3. The molecular weight excluding hydrogens is 242 g/mol. The number of nitrogens with zero attached hydrogens (tertiary/aromatic N) is 1. The van der Waals surface area contributed by atoms with Gasteiger partial charge < -0.3 is 14.7 Å². The van der Waals surface area contributed by atoms with E-state index in [-0.39, 0.29) is 18.4 Å². The number of methoxy groups -OCH3 is 1. The number of hydrogen-bond donors (Lipinski definition) is 1. The molecule has 5 heteroatoms. The minimum absolute atomic E-state index is 0.00816. The molecule has 1 aliphatic rings. The van der Waals surface area contributed by atoms with E-state index in [1.807, 2.05) is 0 Å². The van der Waals surface area contributed by atoms with Crippen LogP contribution in [0.15, 0.2) is 18.2 Å². The summed E-state index contributed by atoms with van der Waals surface area (Å²) >= 11 is 5.93. The maximum absolute atomic E-state index is 11.8. The van der Waals surface area contributed by atoms with Crippen LogP contribution in [0.2, 0.25) is 5.02 Å². The van der Waals surface area contributed by atoms with Crippen molar-refractivity contribution < 1.29 is 14.6 Å². The van der Waals surface area contributed by atoms with Gasteiger partial charge in [-0.3, -0.25) is 4.79 Å². The first-order chi connectivity index (χ1) is 8.15. The van der Waals surface area contributed by atoms with E-state index in [0.717, 1.165) is 0 Å². The van der Waals surface area contributed by atoms with Crippen LogP contribution >= 0.6 is 11.6 Å². The Balaban J connectivity index is 2.33. The summed E-state index contributed by atoms with van der Waals surface area (Å²) in [5.74, 6) is 0.595. The van der Waals surface area contributed by atoms with Crippen molar-refractivity contribution >= 4 is 23.2 Å². The molecule has 2 rings (SSSR count). The SMILES string of the molecule is COc1ccc(Cl)cc1N1CC(CO)CC1=O. The van der Waals surface area contributed by atoms with Gasteiger partial charge >= 0.3 is 0 Å². The number of aliphatic hydroxyl groups excluding tert-OH is 1. The smallest absolute Gasteiger partial charge is 0.227 e. The zero-order valence-corrected chi connectivity index (χ0v) is 10.3. The largest absolute Gasteiger partial charge is 0.495 e. The van der Waals surface area contributed by atoms with E-state index in [4.69, 9.17) is 21.4 Å². The summed E-state index contributed by atoms with van der Waals surface area (Å²) in [5, 5.41) is 9.65. The number of carbonyl (C=O) groups excluding carboxylic acids is 1. The molecule has 17 heavy (non-hydrogen) atoms. The van der Waals surface area contributed by atoms with E-state index in [1.54, 1.807) is 30.2 Å². The van der Waals surface area contributed by atoms with Gasteiger partial charge in [0, 0.05) is 30.5 Å². The van der Waals surface area contributed by atoms with E-state index in [2.05, 4.69) is 0 Å². The van der Waals surface area contributed by atoms with Crippen LogP contribution in [-0.2, 0) is 4.79 Å². The predicted octanol–water partition coefficient (Wildman–Crippen LogP) is 1.69. The predicted molar refractivity (Wildman–Crippen MR) is 65.5 cm³/mol. The zero-order chi connectivity index (χ0) is 12.4. The highest BCUT2D eigenvalue weighted by Crippen LogP contribution is 2.34. The Labute approximate surface area is 105 Å². The number of anilines is 1. The second-order valence-electron chi connectivity index (χ2n) is 4.07. The third kappa shape index (κ3) is 2.37. The zero-order valence-electron chi connectivity index (χ0n) is 9.52. The van der Waals surface area contributed by atoms with E-state index in [1.165, 1.54) is 0 Å². The molecule has 0 bridgehead atoms. The number of aliphatic hydroxyl groups is 1. The van der Waals surface area contributed by atoms with Crippen LogP contribution < -0.4 is 9.64 Å². The fourth-order valence-corrected chi connectivity index (χ4v) is 2.18. The van der Waals surface area contributed by atoms with Crippen molar-refractivity contribution in [3.63, 3.8) is 0 Å². The van der Waals surface area contributed by atoms with Gasteiger partial charge in [0.05, 0.1) is 12.8 Å². The van der Waals surface area contributed by atoms with Crippen LogP contribution in [0.1, 0.15) is 6.42 Å². The Morgan fingerprint density at radius 3 is 2.94 bits per heavy atom. The quantitative estimate of drug-likeness (QED) is 0.894. The highest BCUT2D eigenvalue weighted by molar-refractivity contribution is 6.31. The lowest BCUT2D eigenvalue weighted by Gasteiger charge is -2.19. The van der Waals surface area contributed by atoms with E-state index >= 15 is 0 Å². The van der Waals surface area contributed by atoms with Crippen molar-refractivity contribution in [2.24, 2.45) is 5.92 Å². The van der Waals surface area contributed by atoms with Crippen molar-refractivity contribution in [3.8, 4) is 5.75 Å². The molecule has 1 aromatic rings. The van der Waals surface area contributed by atoms with Gasteiger partial charge in [0.15, 0.2) is 0 Å². The number of hydrogen-bond acceptors (Lipinski definition) is 3. The number of carbonyl (C=O) groups is 1. The van der Waals surface area contributed by atoms with Gasteiger partial charge in [-0.25, -0.2) is 0 Å². The first kappa shape index (κ1) is 12.2. The third-order valence-corrected chi connectivity index (χ3v) is 3.13. The average Bonchev–Trinajstić information content (AvgIpc) is 2.70. The summed E-state index contributed by atoms with van der Waals surface area (Å²) < 4.78 is 5.21. The van der Waals surface area contributed by atoms with Crippen molar-refractivity contribution in [2.75, 3.05) is 25.2 Å². The Morgan fingerprint density at radius 1 is 1.59 bits per heavy atom. The molecule has 1 heterocycles. The topological polar surface area (TPSA) is 49.8 Å². The first-order valence-corrected chi connectivity index (χ1v) is 5.78. The van der Waals surface area contributed by atoms with Crippen molar-refractivity contribution in [3.05, 3.63) is 23.2 Å². The van der Waals surface area contributed by atoms with Gasteiger partial charge in [-0.2, -0.15) is 0 Å². The van der Waals surface area contributed by atoms with Gasteiger partial charge in [0.2, 0.25) is 5.91 Å². The van der Waals surface area contributed by atoms with Crippen LogP contribution in [0.5, 0.6) is 5.75 Å². The molecule has 1 unspecified atom stereocenters. The van der Waals surface area contributed by atoms with Crippen molar-refractivity contribution in [1.29, 1.82) is 0 Å². The summed E-state index contributed by atoms with van der Waals surface area (Å²) in [7, 11) is 1.55. The van der Waals surface area contributed by atoms with Crippen LogP contribution in [0.25, 0.3) is 0 Å². The number of ether oxygens (including phenoxy) is 1. The van der Waals surface area contributed by atoms with E-state index < -0.39 is 0 Å². The highest BCUT2D eigenvalue weighted by Gasteiger charge is 2.31. The van der Waals surface area contributed by atoms with Gasteiger partial charge in [0.25, 0.3) is 0 Å². The Kier molecular flexibility index (Phi) is 3.54. The molecule has 4 nitrogen and oxygen atoms in total. The summed E-state index contributed by atoms with van der Waals surface area (Å²) in [6, 6.07) is 5.16. The lowest BCUT2D eigenvalue weighted by Crippen LogP contribution is -2.25. The summed E-state index contributed by atoms with van der Waals surface area (Å²) in [6.45, 7) is 0.525. The third-order valence-electron chi connectivity index (χ3n) is 2.90. The van der Waals surface area contributed by atoms with E-state index in [0.29, 0.717) is 29.4 Å². The summed E-state index contributed by atoms with van der Waals surface area (Å²) in [5.41, 5.74) is 0.668. The minimum Gasteiger partial charge on any atom is -0.495 e. The lowest BCUT2D eigenvalue weighted by molar-refractivity contribution is -0.117. The summed E-state index contributed by atoms with van der Waals surface area (Å²) in [4.78, 5) is 13.5. The number of amides is 1. The number of benzene rings is 1. The monoisotopic (exact) mass is 255 g/mol. The fraction of sp³-hybridized carbons (Fsp3) is 0.417. The maximum Gasteiger partial charge on any atom is 0.227 e. The van der Waals surface area contributed by atoms with Crippen LogP contribution in [0, 0.1) is 5.92 Å². The van der Waals surface area contributed by atoms with Crippen molar-refractivity contribution in [2.45, 2.75) is 6.42 Å². The maximum atomic E-state index is 11.8. The molecule has 1 atom stereocenters. The average molecular weight is 256 g/mol. The standard InChI is InChI=1S/C12H14ClNO3/c1-17-11-3-2-9(13)5-10(11)14-6-8(7-15)4-12(14)16/h2-3,5,8,15H,4,6-7H2,1H3. The van der Waals surface area contributed by atoms with Gasteiger partial charge in [-0.15, -0.1) is 0 Å². The Hall–Kier alpha value is -1.26. The molecule has 92 valence electrons. The fourth-order valence-electron chi connectivity index (χ4n) is 2.01. The Morgan fingerprint density at radius 2 is 2.35 bits per heavy atom. The molecule has 1 aromatic carbocycles. The second kappa shape index (κ2) is 4.94. The van der Waals surface area contributed by atoms with Crippen molar-refractivity contribution in [1.82, 2.24) is 0 Å². The van der Waals surface area contributed by atoms with Gasteiger partial charge in [-0.05, 0) is 18.2 Å². The summed E-state index contributed by atoms with van der Waals surface area (Å²) in [6.07, 6.45) is 0.367. The molecule has 0 aliphatic carbocycles. The molecule has 1 N–H and O–H groups in total. The molecule has 0 radical (unpaired) electrons. The van der Waals surface area contributed by atoms with E-state index in [9.17, 15) is 4.79 Å². The molecule has 0 aromatic heterocycles. The Bertz CT molecular complexity index is 436. The second-order valence-corrected chi connectivity index (χ2v) is 4.51. The molecule has 1 amide bonds. The number of rotatable bonds is 3. The van der Waals surface area contributed by atoms with Crippen LogP contribution in [0.4, 0.5) is 5.69 Å².